The highest BCUT2D eigenvalue weighted by atomic mass is 127. The standard InChI is InChI=1S/C13H13IN4/c1-3-18-7-11(14)10-6-9(4-5-12(10)18)13-15-8-17(2)16-13/h4-8H,3H2,1-2H3. The first kappa shape index (κ1) is 11.7. The summed E-state index contributed by atoms with van der Waals surface area (Å²) in [6.45, 7) is 3.14. The second kappa shape index (κ2) is 4.38. The Bertz CT molecular complexity index is 711. The molecule has 0 saturated carbocycles. The minimum atomic E-state index is 0.777. The van der Waals surface area contributed by atoms with E-state index in [0.717, 1.165) is 17.9 Å². The van der Waals surface area contributed by atoms with E-state index < -0.39 is 0 Å². The number of hydrogen-bond acceptors (Lipinski definition) is 2. The molecule has 0 aliphatic rings. The Morgan fingerprint density at radius 3 is 2.83 bits per heavy atom. The Balaban J connectivity index is 2.19. The van der Waals surface area contributed by atoms with Crippen molar-refractivity contribution in [2.75, 3.05) is 0 Å². The lowest BCUT2D eigenvalue weighted by molar-refractivity contribution is 0.768. The van der Waals surface area contributed by atoms with Crippen molar-refractivity contribution >= 4 is 33.5 Å². The van der Waals surface area contributed by atoms with Gasteiger partial charge in [0, 0.05) is 39.8 Å². The molecule has 0 atom stereocenters. The van der Waals surface area contributed by atoms with E-state index in [-0.39, 0.29) is 0 Å². The maximum atomic E-state index is 4.34. The molecule has 0 N–H and O–H groups in total. The first-order valence-electron chi connectivity index (χ1n) is 5.83. The average molecular weight is 352 g/mol. The minimum absolute atomic E-state index is 0.777. The van der Waals surface area contributed by atoms with Crippen molar-refractivity contribution in [2.24, 2.45) is 7.05 Å². The van der Waals surface area contributed by atoms with Crippen LogP contribution in [0.15, 0.2) is 30.7 Å². The number of benzene rings is 1. The van der Waals surface area contributed by atoms with Crippen LogP contribution in [-0.2, 0) is 13.6 Å². The van der Waals surface area contributed by atoms with E-state index in [1.54, 1.807) is 11.0 Å². The smallest absolute Gasteiger partial charge is 0.181 e. The van der Waals surface area contributed by atoms with Gasteiger partial charge in [-0.1, -0.05) is 0 Å². The van der Waals surface area contributed by atoms with Gasteiger partial charge in [0.1, 0.15) is 6.33 Å². The summed E-state index contributed by atoms with van der Waals surface area (Å²) in [4.78, 5) is 4.29. The second-order valence-corrected chi connectivity index (χ2v) is 5.40. The molecule has 18 heavy (non-hydrogen) atoms. The zero-order chi connectivity index (χ0) is 12.7. The quantitative estimate of drug-likeness (QED) is 0.665. The summed E-state index contributed by atoms with van der Waals surface area (Å²) in [5.74, 6) is 0.777. The van der Waals surface area contributed by atoms with Gasteiger partial charge >= 0.3 is 0 Å². The van der Waals surface area contributed by atoms with Gasteiger partial charge in [-0.05, 0) is 47.7 Å². The summed E-state index contributed by atoms with van der Waals surface area (Å²) >= 11 is 2.38. The van der Waals surface area contributed by atoms with Crippen molar-refractivity contribution in [3.8, 4) is 11.4 Å². The molecular weight excluding hydrogens is 339 g/mol. The third-order valence-corrected chi connectivity index (χ3v) is 3.89. The Morgan fingerprint density at radius 2 is 2.17 bits per heavy atom. The van der Waals surface area contributed by atoms with Gasteiger partial charge in [0.25, 0.3) is 0 Å². The molecule has 0 saturated heterocycles. The number of hydrogen-bond donors (Lipinski definition) is 0. The number of fused-ring (bicyclic) bond motifs is 1. The molecule has 4 nitrogen and oxygen atoms in total. The van der Waals surface area contributed by atoms with Crippen LogP contribution in [0.2, 0.25) is 0 Å². The van der Waals surface area contributed by atoms with Crippen molar-refractivity contribution in [3.63, 3.8) is 0 Å². The third-order valence-electron chi connectivity index (χ3n) is 3.03. The van der Waals surface area contributed by atoms with E-state index in [1.807, 2.05) is 7.05 Å². The van der Waals surface area contributed by atoms with Gasteiger partial charge in [0.15, 0.2) is 5.82 Å². The second-order valence-electron chi connectivity index (χ2n) is 4.24. The lowest BCUT2D eigenvalue weighted by Crippen LogP contribution is -1.91. The predicted octanol–water partition coefficient (Wildman–Crippen LogP) is 3.06. The van der Waals surface area contributed by atoms with Crippen LogP contribution in [0.4, 0.5) is 0 Å². The van der Waals surface area contributed by atoms with Crippen LogP contribution in [0.1, 0.15) is 6.92 Å². The molecule has 92 valence electrons. The van der Waals surface area contributed by atoms with Crippen molar-refractivity contribution in [2.45, 2.75) is 13.5 Å². The van der Waals surface area contributed by atoms with E-state index in [4.69, 9.17) is 0 Å². The van der Waals surface area contributed by atoms with E-state index in [9.17, 15) is 0 Å². The number of halogens is 1. The van der Waals surface area contributed by atoms with Gasteiger partial charge in [-0.2, -0.15) is 5.10 Å². The van der Waals surface area contributed by atoms with Crippen LogP contribution < -0.4 is 0 Å². The molecular formula is C13H13IN4. The largest absolute Gasteiger partial charge is 0.347 e. The maximum absolute atomic E-state index is 4.34. The summed E-state index contributed by atoms with van der Waals surface area (Å²) in [5, 5.41) is 5.61. The van der Waals surface area contributed by atoms with Crippen molar-refractivity contribution in [1.82, 2.24) is 19.3 Å². The van der Waals surface area contributed by atoms with E-state index >= 15 is 0 Å². The number of nitrogens with zero attached hydrogens (tertiary/aromatic N) is 4. The normalized spacial score (nSPS) is 11.3. The third kappa shape index (κ3) is 1.82. The molecule has 0 amide bonds. The van der Waals surface area contributed by atoms with Gasteiger partial charge in [-0.25, -0.2) is 4.98 Å². The summed E-state index contributed by atoms with van der Waals surface area (Å²) < 4.78 is 5.25. The molecule has 2 aromatic heterocycles. The molecule has 0 fully saturated rings. The van der Waals surface area contributed by atoms with Crippen LogP contribution in [0.5, 0.6) is 0 Å². The zero-order valence-corrected chi connectivity index (χ0v) is 12.4. The summed E-state index contributed by atoms with van der Waals surface area (Å²) in [6.07, 6.45) is 3.91. The van der Waals surface area contributed by atoms with E-state index in [0.29, 0.717) is 0 Å². The Kier molecular flexibility index (Phi) is 2.85. The highest BCUT2D eigenvalue weighted by Gasteiger charge is 2.09. The summed E-state index contributed by atoms with van der Waals surface area (Å²) in [5.41, 5.74) is 2.33. The minimum Gasteiger partial charge on any atom is -0.347 e. The van der Waals surface area contributed by atoms with Gasteiger partial charge in [-0.3, -0.25) is 4.68 Å². The average Bonchev–Trinajstić information content (AvgIpc) is 2.94. The number of rotatable bonds is 2. The van der Waals surface area contributed by atoms with Crippen molar-refractivity contribution in [1.29, 1.82) is 0 Å². The van der Waals surface area contributed by atoms with E-state index in [1.165, 1.54) is 14.5 Å². The molecule has 0 aliphatic heterocycles. The first-order valence-corrected chi connectivity index (χ1v) is 6.91. The monoisotopic (exact) mass is 352 g/mol. The zero-order valence-electron chi connectivity index (χ0n) is 10.3. The lowest BCUT2D eigenvalue weighted by Gasteiger charge is -2.01. The molecule has 3 aromatic rings. The fourth-order valence-corrected chi connectivity index (χ4v) is 2.89. The molecule has 0 bridgehead atoms. The number of aromatic nitrogens is 4. The lowest BCUT2D eigenvalue weighted by atomic mass is 10.1. The highest BCUT2D eigenvalue weighted by molar-refractivity contribution is 14.1. The highest BCUT2D eigenvalue weighted by Crippen LogP contribution is 2.27. The van der Waals surface area contributed by atoms with Gasteiger partial charge in [0.05, 0.1) is 0 Å². The Hall–Kier alpha value is -1.37. The molecule has 0 unspecified atom stereocenters. The maximum Gasteiger partial charge on any atom is 0.181 e. The van der Waals surface area contributed by atoms with Crippen LogP contribution in [0.25, 0.3) is 22.3 Å². The van der Waals surface area contributed by atoms with Crippen LogP contribution >= 0.6 is 22.6 Å². The first-order chi connectivity index (χ1) is 8.69. The topological polar surface area (TPSA) is 35.6 Å². The van der Waals surface area contributed by atoms with Gasteiger partial charge < -0.3 is 4.57 Å². The summed E-state index contributed by atoms with van der Waals surface area (Å²) in [7, 11) is 1.88. The van der Waals surface area contributed by atoms with Crippen molar-refractivity contribution in [3.05, 3.63) is 34.3 Å². The molecule has 0 radical (unpaired) electrons. The van der Waals surface area contributed by atoms with Gasteiger partial charge in [-0.15, -0.1) is 0 Å². The number of aryl methyl sites for hydroxylation is 2. The Labute approximate surface area is 119 Å². The van der Waals surface area contributed by atoms with Crippen molar-refractivity contribution < 1.29 is 0 Å². The van der Waals surface area contributed by atoms with E-state index in [2.05, 4.69) is 68.6 Å². The molecule has 5 heteroatoms. The molecule has 1 aromatic carbocycles. The molecule has 2 heterocycles. The molecule has 0 spiro atoms. The van der Waals surface area contributed by atoms with Crippen LogP contribution in [-0.4, -0.2) is 19.3 Å². The van der Waals surface area contributed by atoms with Crippen LogP contribution in [0, 0.1) is 3.57 Å². The fraction of sp³-hybridized carbons (Fsp3) is 0.231. The van der Waals surface area contributed by atoms with Crippen LogP contribution in [0.3, 0.4) is 0 Å². The SMILES string of the molecule is CCn1cc(I)c2cc(-c3ncn(C)n3)ccc21. The fourth-order valence-electron chi connectivity index (χ4n) is 2.13. The molecule has 3 rings (SSSR count). The summed E-state index contributed by atoms with van der Waals surface area (Å²) in [6, 6.07) is 6.39. The molecule has 0 aliphatic carbocycles. The Morgan fingerprint density at radius 1 is 1.33 bits per heavy atom. The predicted molar refractivity (Wildman–Crippen MR) is 80.3 cm³/mol. The van der Waals surface area contributed by atoms with Gasteiger partial charge in [0.2, 0.25) is 0 Å².